The van der Waals surface area contributed by atoms with E-state index >= 15 is 0 Å². The SMILES string of the molecule is CN(C)[C@H](CNC(=O)C[C@H](c1cccnc1)C1CC1)Cc1ccc2[nH]ncc2c1.Cc1ccc(S(=O)(=O)n2ncc3cc(C[C@@H](CN)N(C)C)ccc32)cc1.Cc1ccc(S(=O)(=O)n2ncc3cc(C[C@@H](CNC(=O)C[C@H](c4cccnc4)C4CC4)N(C)C)ccc32)cc1.O=C(O)C[C@H](c1cccnc1)C1CC1. The maximum atomic E-state index is 13.2. The van der Waals surface area contributed by atoms with Gasteiger partial charge in [-0.3, -0.25) is 34.4 Å². The van der Waals surface area contributed by atoms with Gasteiger partial charge in [0.15, 0.2) is 0 Å². The molecule has 0 aliphatic heterocycles. The largest absolute Gasteiger partial charge is 0.481 e. The molecule has 0 unspecified atom stereocenters. The number of pyridine rings is 3. The van der Waals surface area contributed by atoms with Crippen molar-refractivity contribution in [3.63, 3.8) is 0 Å². The summed E-state index contributed by atoms with van der Waals surface area (Å²) in [6.45, 7) is 5.56. The fraction of sp³-hybridized carbons (Fsp3) is 0.386. The molecule has 25 heteroatoms. The van der Waals surface area contributed by atoms with Crippen LogP contribution in [0.4, 0.5) is 0 Å². The molecule has 3 aliphatic carbocycles. The second-order valence-electron chi connectivity index (χ2n) is 29.7. The van der Waals surface area contributed by atoms with Crippen molar-refractivity contribution in [3.8, 4) is 0 Å². The van der Waals surface area contributed by atoms with Crippen molar-refractivity contribution in [2.75, 3.05) is 61.9 Å². The quantitative estimate of drug-likeness (QED) is 0.0279. The second kappa shape index (κ2) is 36.3. The molecule has 2 amide bonds. The first-order chi connectivity index (χ1) is 51.9. The molecule has 0 bridgehead atoms. The molecule has 0 radical (unpaired) electrons. The van der Waals surface area contributed by atoms with E-state index < -0.39 is 26.0 Å². The smallest absolute Gasteiger partial charge is 0.303 e. The molecule has 6 N–H and O–H groups in total. The molecule has 108 heavy (non-hydrogen) atoms. The van der Waals surface area contributed by atoms with E-state index in [2.05, 4.69) is 105 Å². The number of benzene rings is 5. The zero-order chi connectivity index (χ0) is 76.7. The lowest BCUT2D eigenvalue weighted by atomic mass is 9.92. The second-order valence-corrected chi connectivity index (χ2v) is 33.2. The van der Waals surface area contributed by atoms with Gasteiger partial charge in [-0.15, -0.1) is 0 Å². The number of carboxylic acid groups (broad SMARTS) is 1. The molecule has 0 spiro atoms. The Bertz CT molecular complexity index is 5010. The number of carboxylic acids is 1. The maximum Gasteiger partial charge on any atom is 0.303 e. The van der Waals surface area contributed by atoms with Gasteiger partial charge in [0.25, 0.3) is 20.0 Å². The monoisotopic (exact) mass is 1500 g/mol. The number of aromatic amines is 1. The summed E-state index contributed by atoms with van der Waals surface area (Å²) in [7, 11) is 4.64. The molecular weight excluding hydrogens is 1400 g/mol. The van der Waals surface area contributed by atoms with Crippen LogP contribution >= 0.6 is 0 Å². The van der Waals surface area contributed by atoms with Crippen molar-refractivity contribution < 1.29 is 36.3 Å². The third-order valence-corrected chi connectivity index (χ3v) is 24.1. The Balaban J connectivity index is 0.000000150. The molecule has 5 aromatic carbocycles. The Labute approximate surface area is 633 Å². The molecule has 3 fully saturated rings. The maximum absolute atomic E-state index is 13.2. The van der Waals surface area contributed by atoms with Crippen LogP contribution in [0, 0.1) is 31.6 Å². The Morgan fingerprint density at radius 3 is 1.21 bits per heavy atom. The van der Waals surface area contributed by atoms with Crippen LogP contribution < -0.4 is 16.4 Å². The summed E-state index contributed by atoms with van der Waals surface area (Å²) in [4.78, 5) is 55.7. The number of nitrogens with zero attached hydrogens (tertiary/aromatic N) is 11. The summed E-state index contributed by atoms with van der Waals surface area (Å²) < 4.78 is 54.4. The van der Waals surface area contributed by atoms with Gasteiger partial charge >= 0.3 is 5.97 Å². The van der Waals surface area contributed by atoms with Crippen LogP contribution in [-0.4, -0.2) is 178 Å². The predicted molar refractivity (Wildman–Crippen MR) is 422 cm³/mol. The summed E-state index contributed by atoms with van der Waals surface area (Å²) >= 11 is 0. The number of carbonyl (C=O) groups is 3. The average Bonchev–Trinajstić information content (AvgIpc) is 1.57. The van der Waals surface area contributed by atoms with E-state index in [-0.39, 0.29) is 63.9 Å². The van der Waals surface area contributed by atoms with Crippen molar-refractivity contribution in [2.24, 2.45) is 23.5 Å². The van der Waals surface area contributed by atoms with Gasteiger partial charge in [0, 0.05) is 104 Å². The number of aryl methyl sites for hydroxylation is 2. The first kappa shape index (κ1) is 79.2. The minimum atomic E-state index is -3.79. The highest BCUT2D eigenvalue weighted by Gasteiger charge is 2.36. The minimum Gasteiger partial charge on any atom is -0.481 e. The molecule has 568 valence electrons. The summed E-state index contributed by atoms with van der Waals surface area (Å²) in [5.41, 5.74) is 16.8. The van der Waals surface area contributed by atoms with Crippen molar-refractivity contribution in [1.29, 1.82) is 0 Å². The molecule has 6 heterocycles. The van der Waals surface area contributed by atoms with E-state index in [4.69, 9.17) is 10.8 Å². The zero-order valence-electron chi connectivity index (χ0n) is 62.9. The normalized spacial score (nSPS) is 15.4. The molecule has 0 saturated heterocycles. The molecule has 11 aromatic rings. The zero-order valence-corrected chi connectivity index (χ0v) is 64.5. The van der Waals surface area contributed by atoms with E-state index in [1.807, 2.05) is 121 Å². The lowest BCUT2D eigenvalue weighted by molar-refractivity contribution is -0.137. The number of aromatic nitrogens is 9. The topological polar surface area (TPSA) is 303 Å². The van der Waals surface area contributed by atoms with Gasteiger partial charge in [-0.2, -0.15) is 40.3 Å². The first-order valence-corrected chi connectivity index (χ1v) is 39.9. The van der Waals surface area contributed by atoms with Gasteiger partial charge in [-0.25, -0.2) is 0 Å². The lowest BCUT2D eigenvalue weighted by Crippen LogP contribution is -2.42. The van der Waals surface area contributed by atoms with Crippen LogP contribution in [0.15, 0.2) is 205 Å². The number of aliphatic carboxylic acids is 1. The molecule has 14 rings (SSSR count). The van der Waals surface area contributed by atoms with E-state index in [1.165, 1.54) is 36.8 Å². The van der Waals surface area contributed by atoms with Gasteiger partial charge < -0.3 is 36.2 Å². The molecule has 23 nitrogen and oxygen atoms in total. The van der Waals surface area contributed by atoms with E-state index in [9.17, 15) is 31.2 Å². The molecular formula is C83H101N15O8S2. The van der Waals surface area contributed by atoms with Crippen molar-refractivity contribution in [3.05, 3.63) is 240 Å². The summed E-state index contributed by atoms with van der Waals surface area (Å²) in [6.07, 6.45) is 26.6. The fourth-order valence-corrected chi connectivity index (χ4v) is 16.4. The Morgan fingerprint density at radius 2 is 0.861 bits per heavy atom. The highest BCUT2D eigenvalue weighted by atomic mass is 32.2. The van der Waals surface area contributed by atoms with Crippen LogP contribution in [0.25, 0.3) is 32.7 Å². The van der Waals surface area contributed by atoms with E-state index in [0.29, 0.717) is 67.7 Å². The predicted octanol–water partition coefficient (Wildman–Crippen LogP) is 11.3. The molecule has 3 saturated carbocycles. The van der Waals surface area contributed by atoms with Crippen LogP contribution in [-0.2, 0) is 53.7 Å². The molecule has 6 aromatic heterocycles. The highest BCUT2D eigenvalue weighted by Crippen LogP contribution is 2.46. The Kier molecular flexibility index (Phi) is 26.6. The number of amides is 2. The van der Waals surface area contributed by atoms with Crippen LogP contribution in [0.5, 0.6) is 0 Å². The standard InChI is InChI=1S/C30H35N5O3S.C23H29N5O.C19H24N4O2S.C11H13NO2/c1-21-6-11-27(12-7-21)39(37,38)35-29-13-8-22(15-25(29)19-33-35)16-26(34(2)3)20-32-30(36)17-28(23-9-10-23)24-5-4-14-31-18-24;1-28(2)20(11-16-5-8-22-19(10-16)14-26-27-22)15-25-23(29)12-21(17-6-7-17)18-4-3-9-24-13-18;1-14-4-7-18(8-5-14)26(24,25)23-19-9-6-15(10-16(19)13-21-23)11-17(12-20)22(2)3;13-11(14)6-10(8-3-4-8)9-2-1-5-12-7-9/h4-8,11-15,18-19,23,26,28H,9-10,16-17,20H2,1-3H3,(H,32,36);3-5,8-10,13-14,17,20-21H,6-7,11-12,15H2,1-2H3,(H,25,29)(H,26,27);4-10,13,17H,11-12,20H2,1-3H3;1-2,5,7-8,10H,3-4,6H2,(H,13,14)/t26-,28-;20-,21-;17-;10-/m0000/s1. The Hall–Kier alpha value is -9.89. The fourth-order valence-electron chi connectivity index (χ4n) is 13.8. The number of fused-ring (bicyclic) bond motifs is 3. The molecule has 6 atom stereocenters. The van der Waals surface area contributed by atoms with Gasteiger partial charge in [0.1, 0.15) is 0 Å². The number of nitrogens with one attached hydrogen (secondary N) is 3. The van der Waals surface area contributed by atoms with E-state index in [0.717, 1.165) is 88.9 Å². The summed E-state index contributed by atoms with van der Waals surface area (Å²) in [5, 5.41) is 33.2. The summed E-state index contributed by atoms with van der Waals surface area (Å²) in [6, 6.07) is 43.8. The number of carbonyl (C=O) groups excluding carboxylic acids is 2. The van der Waals surface area contributed by atoms with Gasteiger partial charge in [-0.1, -0.05) is 71.8 Å². The van der Waals surface area contributed by atoms with Crippen LogP contribution in [0.1, 0.15) is 120 Å². The average molecular weight is 1500 g/mol. The van der Waals surface area contributed by atoms with Crippen molar-refractivity contribution >= 4 is 70.5 Å². The van der Waals surface area contributed by atoms with Crippen molar-refractivity contribution in [2.45, 2.75) is 137 Å². The molecule has 3 aliphatic rings. The first-order valence-electron chi connectivity index (χ1n) is 37.1. The van der Waals surface area contributed by atoms with Crippen molar-refractivity contribution in [1.82, 2.24) is 68.9 Å². The number of hydrogen-bond acceptors (Lipinski definition) is 17. The highest BCUT2D eigenvalue weighted by molar-refractivity contribution is 7.90. The lowest BCUT2D eigenvalue weighted by Gasteiger charge is -2.25. The third kappa shape index (κ3) is 21.3. The van der Waals surface area contributed by atoms with Crippen LogP contribution in [0.2, 0.25) is 0 Å². The third-order valence-electron chi connectivity index (χ3n) is 20.9. The Morgan fingerprint density at radius 1 is 0.491 bits per heavy atom. The van der Waals surface area contributed by atoms with Gasteiger partial charge in [0.05, 0.1) is 51.4 Å². The number of H-pyrrole nitrogens is 1. The van der Waals surface area contributed by atoms with E-state index in [1.54, 1.807) is 85.7 Å². The number of nitrogens with two attached hydrogens (primary N) is 1. The minimum absolute atomic E-state index is 0.0562. The van der Waals surface area contributed by atoms with Gasteiger partial charge in [-0.05, 0) is 262 Å². The number of hydrogen-bond donors (Lipinski definition) is 5. The summed E-state index contributed by atoms with van der Waals surface area (Å²) in [5.74, 6) is 1.88. The van der Waals surface area contributed by atoms with Gasteiger partial charge in [0.2, 0.25) is 11.8 Å². The number of likely N-dealkylation sites (N-methyl/N-ethyl adjacent to an activating group) is 3. The van der Waals surface area contributed by atoms with Crippen LogP contribution in [0.3, 0.4) is 0 Å². The number of rotatable bonds is 30.